The predicted octanol–water partition coefficient (Wildman–Crippen LogP) is 4.18. The van der Waals surface area contributed by atoms with Gasteiger partial charge in [0.2, 0.25) is 0 Å². The van der Waals surface area contributed by atoms with E-state index in [-0.39, 0.29) is 37.1 Å². The zero-order valence-corrected chi connectivity index (χ0v) is 15.6. The van der Waals surface area contributed by atoms with Gasteiger partial charge in [-0.15, -0.1) is 0 Å². The molecular weight excluding hydrogens is 262 g/mol. The van der Waals surface area contributed by atoms with Gasteiger partial charge in [0.05, 0.1) is 0 Å². The average molecular weight is 298 g/mol. The quantitative estimate of drug-likeness (QED) is 0.598. The van der Waals surface area contributed by atoms with Crippen molar-refractivity contribution in [2.24, 2.45) is 0 Å². The second-order valence-corrected chi connectivity index (χ2v) is 8.27. The van der Waals surface area contributed by atoms with E-state index < -0.39 is 15.1 Å². The van der Waals surface area contributed by atoms with E-state index in [0.717, 1.165) is 19.3 Å². The monoisotopic (exact) mass is 298 g/mol. The molecule has 0 amide bonds. The van der Waals surface area contributed by atoms with E-state index in [0.29, 0.717) is 0 Å². The van der Waals surface area contributed by atoms with Gasteiger partial charge < -0.3 is 11.4 Å². The van der Waals surface area contributed by atoms with Crippen LogP contribution in [0.4, 0.5) is 0 Å². The first-order valence-corrected chi connectivity index (χ1v) is 8.92. The molecule has 0 aromatic rings. The Morgan fingerprint density at radius 1 is 0.650 bits per heavy atom. The zero-order valence-electron chi connectivity index (χ0n) is 14.4. The molecule has 0 aliphatic rings. The molecule has 0 bridgehead atoms. The first-order chi connectivity index (χ1) is 8.47. The van der Waals surface area contributed by atoms with Crippen molar-refractivity contribution in [1.82, 2.24) is 0 Å². The number of hydrogen-bond donors (Lipinski definition) is 0. The van der Waals surface area contributed by atoms with Crippen molar-refractivity contribution in [2.75, 3.05) is 0 Å². The van der Waals surface area contributed by atoms with Crippen molar-refractivity contribution in [3.8, 4) is 0 Å². The minimum absolute atomic E-state index is 0. The molecule has 0 heterocycles. The summed E-state index contributed by atoms with van der Waals surface area (Å²) < 4.78 is 18.5. The van der Waals surface area contributed by atoms with Crippen LogP contribution in [0, 0.1) is 0 Å². The van der Waals surface area contributed by atoms with E-state index in [9.17, 15) is 0 Å². The fourth-order valence-corrected chi connectivity index (χ4v) is 3.31. The molecule has 0 N–H and O–H groups in total. The summed E-state index contributed by atoms with van der Waals surface area (Å²) in [5.41, 5.74) is -0.570. The van der Waals surface area contributed by atoms with E-state index in [1.165, 1.54) is 0 Å². The van der Waals surface area contributed by atoms with Crippen LogP contribution in [0.15, 0.2) is 0 Å². The van der Waals surface area contributed by atoms with E-state index >= 15 is 0 Å². The molecule has 0 aromatic heterocycles. The number of rotatable bonds is 9. The Morgan fingerprint density at radius 2 is 0.850 bits per heavy atom. The Morgan fingerprint density at radius 3 is 1.00 bits per heavy atom. The van der Waals surface area contributed by atoms with Gasteiger partial charge in [-0.05, 0) is 60.8 Å². The minimum atomic E-state index is -2.16. The van der Waals surface area contributed by atoms with Gasteiger partial charge in [0.15, 0.2) is 0 Å². The van der Waals surface area contributed by atoms with Crippen molar-refractivity contribution < 1.29 is 12.8 Å². The summed E-state index contributed by atoms with van der Waals surface area (Å²) in [4.78, 5) is 0. The van der Waals surface area contributed by atoms with E-state index in [4.69, 9.17) is 11.4 Å². The van der Waals surface area contributed by atoms with Crippen molar-refractivity contribution in [2.45, 2.75) is 98.4 Å². The van der Waals surface area contributed by atoms with Crippen molar-refractivity contribution in [3.63, 3.8) is 0 Å². The average Bonchev–Trinajstić information content (AvgIpc) is 2.27. The van der Waals surface area contributed by atoms with Crippen LogP contribution in [0.5, 0.6) is 0 Å². The standard InChI is InChI=1S/3C5H11O.Al.Li.H2.H/c3*1-4-5(2,3)6;;;;/h3*4H2,1-3H3;;;1H;/q3*-1;+3;;;. The molecule has 0 aromatic carbocycles. The van der Waals surface area contributed by atoms with Crippen LogP contribution in [0.1, 0.15) is 83.0 Å². The maximum absolute atomic E-state index is 6.16. The zero-order chi connectivity index (χ0) is 15.3. The molecule has 0 atom stereocenters. The molecule has 0 aliphatic heterocycles. The van der Waals surface area contributed by atoms with Crippen LogP contribution >= 0.6 is 0 Å². The second kappa shape index (κ2) is 9.22. The van der Waals surface area contributed by atoms with E-state index in [1.54, 1.807) is 0 Å². The fraction of sp³-hybridized carbons (Fsp3) is 1.00. The third kappa shape index (κ3) is 9.86. The third-order valence-electron chi connectivity index (χ3n) is 3.80. The van der Waals surface area contributed by atoms with Crippen LogP contribution in [0.3, 0.4) is 0 Å². The molecule has 20 heavy (non-hydrogen) atoms. The van der Waals surface area contributed by atoms with Crippen LogP contribution in [-0.2, 0) is 11.4 Å². The summed E-state index contributed by atoms with van der Waals surface area (Å²) in [5, 5.41) is 0. The molecule has 0 spiro atoms. The van der Waals surface area contributed by atoms with Gasteiger partial charge in [0.25, 0.3) is 0 Å². The molecule has 5 heteroatoms. The molecule has 0 saturated carbocycles. The van der Waals surface area contributed by atoms with Gasteiger partial charge in [0.1, 0.15) is 0 Å². The summed E-state index contributed by atoms with van der Waals surface area (Å²) in [6.07, 6.45) is 2.84. The van der Waals surface area contributed by atoms with E-state index in [1.807, 2.05) is 0 Å². The molecular formula is C15H36AlLiO3. The Kier molecular flexibility index (Phi) is 10.7. The van der Waals surface area contributed by atoms with Crippen LogP contribution < -0.4 is 0 Å². The molecule has 0 radical (unpaired) electrons. The Bertz CT molecular complexity index is 231. The van der Waals surface area contributed by atoms with Crippen LogP contribution in [0.25, 0.3) is 0 Å². The second-order valence-electron chi connectivity index (χ2n) is 6.98. The predicted molar refractivity (Wildman–Crippen MR) is 91.4 cm³/mol. The van der Waals surface area contributed by atoms with Gasteiger partial charge in [0, 0.05) is 18.2 Å². The maximum atomic E-state index is 6.16. The van der Waals surface area contributed by atoms with Crippen molar-refractivity contribution in [1.29, 1.82) is 0 Å². The van der Waals surface area contributed by atoms with Crippen LogP contribution in [-0.4, -0.2) is 50.8 Å². The normalized spacial score (nSPS) is 13.1. The number of hydrogen-bond acceptors (Lipinski definition) is 3. The molecule has 3 nitrogen and oxygen atoms in total. The van der Waals surface area contributed by atoms with Crippen molar-refractivity contribution in [3.05, 3.63) is 0 Å². The summed E-state index contributed by atoms with van der Waals surface area (Å²) in [5.74, 6) is 0. The first-order valence-electron chi connectivity index (χ1n) is 7.50. The van der Waals surface area contributed by atoms with Gasteiger partial charge >= 0.3 is 34.0 Å². The van der Waals surface area contributed by atoms with Crippen molar-refractivity contribution >= 4 is 34.0 Å². The van der Waals surface area contributed by atoms with Gasteiger partial charge in [-0.3, -0.25) is 0 Å². The molecule has 0 unspecified atom stereocenters. The Labute approximate surface area is 145 Å². The molecule has 0 saturated heterocycles. The molecule has 0 aliphatic carbocycles. The topological polar surface area (TPSA) is 27.7 Å². The van der Waals surface area contributed by atoms with Gasteiger partial charge in [-0.1, -0.05) is 20.8 Å². The summed E-state index contributed by atoms with van der Waals surface area (Å²) >= 11 is -2.16. The third-order valence-corrected chi connectivity index (χ3v) is 6.29. The first kappa shape index (κ1) is 23.3. The van der Waals surface area contributed by atoms with Gasteiger partial charge in [-0.2, -0.15) is 0 Å². The summed E-state index contributed by atoms with van der Waals surface area (Å²) in [7, 11) is 0. The molecule has 0 rings (SSSR count). The van der Waals surface area contributed by atoms with Gasteiger partial charge in [-0.25, -0.2) is 0 Å². The Hall–Kier alpha value is 1.01. The molecule has 118 valence electrons. The summed E-state index contributed by atoms with van der Waals surface area (Å²) in [6.45, 7) is 18.9. The SMILES string of the molecule is CCC(C)(C)[O][Al]([O]C(C)(C)CC)[O]C(C)(C)CC.[HH].[LiH]. The summed E-state index contributed by atoms with van der Waals surface area (Å²) in [6, 6.07) is 0. The Balaban J connectivity index is -0.00000162. The fourth-order valence-electron chi connectivity index (χ4n) is 1.10. The molecule has 0 fully saturated rings. The van der Waals surface area contributed by atoms with Crippen LogP contribution in [0.2, 0.25) is 0 Å². The van der Waals surface area contributed by atoms with E-state index in [2.05, 4.69) is 62.3 Å².